The maximum atomic E-state index is 12.6. The average molecular weight is 296 g/mol. The summed E-state index contributed by atoms with van der Waals surface area (Å²) in [4.78, 5) is 25.2. The highest BCUT2D eigenvalue weighted by molar-refractivity contribution is 6.25. The fraction of sp³-hybridized carbons (Fsp3) is 0.400. The van der Waals surface area contributed by atoms with Crippen LogP contribution in [0.15, 0.2) is 35.4 Å². The van der Waals surface area contributed by atoms with Crippen molar-refractivity contribution in [1.82, 2.24) is 0 Å². The Morgan fingerprint density at radius 2 is 1.86 bits per heavy atom. The second kappa shape index (κ2) is 6.43. The zero-order chi connectivity index (χ0) is 16.4. The topological polar surface area (TPSA) is 34.1 Å². The average Bonchev–Trinajstić information content (AvgIpc) is 2.43. The molecular weight excluding hydrogens is 272 g/mol. The molecule has 2 heteroatoms. The van der Waals surface area contributed by atoms with E-state index in [0.29, 0.717) is 16.7 Å². The van der Waals surface area contributed by atoms with E-state index in [2.05, 4.69) is 19.9 Å². The van der Waals surface area contributed by atoms with Crippen LogP contribution in [0.2, 0.25) is 0 Å². The number of hydrogen-bond donors (Lipinski definition) is 0. The number of aryl methyl sites for hydroxylation is 1. The van der Waals surface area contributed by atoms with Crippen LogP contribution < -0.4 is 0 Å². The molecule has 0 radical (unpaired) electrons. The molecule has 0 saturated heterocycles. The van der Waals surface area contributed by atoms with Crippen molar-refractivity contribution in [3.8, 4) is 0 Å². The zero-order valence-corrected chi connectivity index (χ0v) is 14.1. The summed E-state index contributed by atoms with van der Waals surface area (Å²) >= 11 is 0. The predicted octanol–water partition coefficient (Wildman–Crippen LogP) is 4.86. The monoisotopic (exact) mass is 296 g/mol. The van der Waals surface area contributed by atoms with Gasteiger partial charge in [-0.3, -0.25) is 9.59 Å². The van der Waals surface area contributed by atoms with E-state index in [1.165, 1.54) is 5.57 Å². The molecule has 0 aromatic heterocycles. The van der Waals surface area contributed by atoms with Gasteiger partial charge in [-0.25, -0.2) is 0 Å². The number of benzene rings is 1. The van der Waals surface area contributed by atoms with Crippen LogP contribution in [-0.2, 0) is 6.42 Å². The predicted molar refractivity (Wildman–Crippen MR) is 90.5 cm³/mol. The highest BCUT2D eigenvalue weighted by Crippen LogP contribution is 2.30. The molecule has 1 aromatic carbocycles. The van der Waals surface area contributed by atoms with E-state index in [4.69, 9.17) is 0 Å². The lowest BCUT2D eigenvalue weighted by atomic mass is 9.80. The number of allylic oxidation sites excluding steroid dienone is 4. The summed E-state index contributed by atoms with van der Waals surface area (Å²) in [6.45, 7) is 10.1. The third-order valence-corrected chi connectivity index (χ3v) is 4.16. The standard InChI is InChI=1S/C20H24O2/c1-12(2)7-6-8-15-14(5)9-10-16-19(15)18(21)11-17(13(3)4)20(16)22/h7,9-11,13H,6,8H2,1-5H3. The van der Waals surface area contributed by atoms with Gasteiger partial charge < -0.3 is 0 Å². The van der Waals surface area contributed by atoms with Crippen molar-refractivity contribution in [3.63, 3.8) is 0 Å². The largest absolute Gasteiger partial charge is 0.289 e. The van der Waals surface area contributed by atoms with Gasteiger partial charge >= 0.3 is 0 Å². The molecule has 0 heterocycles. The number of carbonyl (C=O) groups is 2. The summed E-state index contributed by atoms with van der Waals surface area (Å²) in [5.41, 5.74) is 5.20. The number of ketones is 2. The second-order valence-corrected chi connectivity index (χ2v) is 6.55. The van der Waals surface area contributed by atoms with Crippen molar-refractivity contribution in [3.05, 3.63) is 57.7 Å². The Kier molecular flexibility index (Phi) is 4.80. The van der Waals surface area contributed by atoms with Crippen LogP contribution in [0.5, 0.6) is 0 Å². The Labute approximate surface area is 132 Å². The second-order valence-electron chi connectivity index (χ2n) is 6.55. The SMILES string of the molecule is CC(C)=CCCc1c(C)ccc2c1C(=O)C=C(C(C)C)C2=O. The van der Waals surface area contributed by atoms with Crippen molar-refractivity contribution in [1.29, 1.82) is 0 Å². The van der Waals surface area contributed by atoms with Gasteiger partial charge in [-0.1, -0.05) is 37.6 Å². The Balaban J connectivity index is 2.49. The molecule has 1 aromatic rings. The van der Waals surface area contributed by atoms with Crippen molar-refractivity contribution in [2.45, 2.75) is 47.5 Å². The summed E-state index contributed by atoms with van der Waals surface area (Å²) in [5.74, 6) is 0.0577. The van der Waals surface area contributed by atoms with Gasteiger partial charge in [0.15, 0.2) is 11.6 Å². The molecule has 0 bridgehead atoms. The minimum atomic E-state index is -0.0193. The molecule has 0 aliphatic heterocycles. The van der Waals surface area contributed by atoms with Crippen molar-refractivity contribution in [2.24, 2.45) is 5.92 Å². The fourth-order valence-electron chi connectivity index (χ4n) is 2.91. The third kappa shape index (κ3) is 3.11. The van der Waals surface area contributed by atoms with E-state index in [9.17, 15) is 9.59 Å². The van der Waals surface area contributed by atoms with E-state index >= 15 is 0 Å². The summed E-state index contributed by atoms with van der Waals surface area (Å²) in [6.07, 6.45) is 5.40. The van der Waals surface area contributed by atoms with Crippen molar-refractivity contribution < 1.29 is 9.59 Å². The lowest BCUT2D eigenvalue weighted by molar-refractivity contribution is 0.0976. The maximum Gasteiger partial charge on any atom is 0.190 e. The van der Waals surface area contributed by atoms with Crippen LogP contribution in [0.4, 0.5) is 0 Å². The number of Topliss-reactive ketones (excluding diaryl/α,β-unsaturated/α-hetero) is 1. The van der Waals surface area contributed by atoms with E-state index in [-0.39, 0.29) is 17.5 Å². The summed E-state index contributed by atoms with van der Waals surface area (Å²) in [7, 11) is 0. The number of carbonyl (C=O) groups excluding carboxylic acids is 2. The van der Waals surface area contributed by atoms with Gasteiger partial charge in [0, 0.05) is 16.7 Å². The summed E-state index contributed by atoms with van der Waals surface area (Å²) in [6, 6.07) is 3.77. The first-order chi connectivity index (χ1) is 10.3. The molecule has 0 N–H and O–H groups in total. The van der Waals surface area contributed by atoms with Crippen LogP contribution in [0.1, 0.15) is 66.0 Å². The van der Waals surface area contributed by atoms with Gasteiger partial charge in [0.25, 0.3) is 0 Å². The zero-order valence-electron chi connectivity index (χ0n) is 14.1. The van der Waals surface area contributed by atoms with Crippen LogP contribution in [0.3, 0.4) is 0 Å². The number of fused-ring (bicyclic) bond motifs is 1. The fourth-order valence-corrected chi connectivity index (χ4v) is 2.91. The first-order valence-corrected chi connectivity index (χ1v) is 7.89. The lowest BCUT2D eigenvalue weighted by Gasteiger charge is -2.21. The molecule has 0 atom stereocenters. The molecule has 0 spiro atoms. The van der Waals surface area contributed by atoms with Crippen LogP contribution in [0, 0.1) is 12.8 Å². The van der Waals surface area contributed by atoms with Gasteiger partial charge in [0.2, 0.25) is 0 Å². The van der Waals surface area contributed by atoms with Gasteiger partial charge in [-0.15, -0.1) is 0 Å². The number of hydrogen-bond acceptors (Lipinski definition) is 2. The van der Waals surface area contributed by atoms with Crippen LogP contribution in [0.25, 0.3) is 0 Å². The third-order valence-electron chi connectivity index (χ3n) is 4.16. The minimum Gasteiger partial charge on any atom is -0.289 e. The first-order valence-electron chi connectivity index (χ1n) is 7.89. The maximum absolute atomic E-state index is 12.6. The van der Waals surface area contributed by atoms with Gasteiger partial charge in [-0.2, -0.15) is 0 Å². The van der Waals surface area contributed by atoms with Crippen LogP contribution in [-0.4, -0.2) is 11.6 Å². The minimum absolute atomic E-state index is 0.00747. The molecule has 22 heavy (non-hydrogen) atoms. The van der Waals surface area contributed by atoms with Crippen molar-refractivity contribution in [2.75, 3.05) is 0 Å². The highest BCUT2D eigenvalue weighted by atomic mass is 16.1. The van der Waals surface area contributed by atoms with Gasteiger partial charge in [0.05, 0.1) is 0 Å². The molecule has 0 amide bonds. The summed E-state index contributed by atoms with van der Waals surface area (Å²) in [5, 5.41) is 0. The molecule has 116 valence electrons. The quantitative estimate of drug-likeness (QED) is 0.744. The van der Waals surface area contributed by atoms with E-state index in [0.717, 1.165) is 24.0 Å². The molecule has 0 fully saturated rings. The molecule has 2 rings (SSSR count). The highest BCUT2D eigenvalue weighted by Gasteiger charge is 2.29. The van der Waals surface area contributed by atoms with Gasteiger partial charge in [-0.05, 0) is 56.7 Å². The Morgan fingerprint density at radius 1 is 1.18 bits per heavy atom. The Bertz CT molecular complexity index is 684. The molecule has 1 aliphatic rings. The Morgan fingerprint density at radius 3 is 2.45 bits per heavy atom. The lowest BCUT2D eigenvalue weighted by Crippen LogP contribution is -2.22. The van der Waals surface area contributed by atoms with Crippen molar-refractivity contribution >= 4 is 11.6 Å². The van der Waals surface area contributed by atoms with E-state index in [1.807, 2.05) is 32.9 Å². The smallest absolute Gasteiger partial charge is 0.190 e. The van der Waals surface area contributed by atoms with E-state index < -0.39 is 0 Å². The van der Waals surface area contributed by atoms with Crippen LogP contribution >= 0.6 is 0 Å². The molecule has 2 nitrogen and oxygen atoms in total. The Hall–Kier alpha value is -1.96. The molecule has 0 saturated carbocycles. The number of rotatable bonds is 4. The van der Waals surface area contributed by atoms with E-state index in [1.54, 1.807) is 6.08 Å². The van der Waals surface area contributed by atoms with Gasteiger partial charge in [0.1, 0.15) is 0 Å². The molecule has 1 aliphatic carbocycles. The molecular formula is C20H24O2. The normalized spacial score (nSPS) is 14.0. The molecule has 0 unspecified atom stereocenters. The summed E-state index contributed by atoms with van der Waals surface area (Å²) < 4.78 is 0. The first kappa shape index (κ1) is 16.4.